The highest BCUT2D eigenvalue weighted by atomic mass is 35.5. The van der Waals surface area contributed by atoms with E-state index in [0.29, 0.717) is 18.5 Å². The second kappa shape index (κ2) is 10.5. The van der Waals surface area contributed by atoms with Crippen molar-refractivity contribution in [2.24, 2.45) is 5.92 Å². The third kappa shape index (κ3) is 7.39. The number of aryl methyl sites for hydroxylation is 1. The van der Waals surface area contributed by atoms with Gasteiger partial charge in [0.1, 0.15) is 5.60 Å². The van der Waals surface area contributed by atoms with E-state index in [1.54, 1.807) is 26.8 Å². The van der Waals surface area contributed by atoms with Crippen molar-refractivity contribution in [3.63, 3.8) is 0 Å². The molecule has 2 N–H and O–H groups in total. The normalized spacial score (nSPS) is 16.3. The maximum absolute atomic E-state index is 14.6. The molecule has 0 radical (unpaired) electrons. The van der Waals surface area contributed by atoms with Crippen molar-refractivity contribution in [3.8, 4) is 11.1 Å². The van der Waals surface area contributed by atoms with E-state index in [1.807, 2.05) is 30.0 Å². The van der Waals surface area contributed by atoms with Gasteiger partial charge in [0.25, 0.3) is 5.91 Å². The number of hydrogen-bond acceptors (Lipinski definition) is 5. The van der Waals surface area contributed by atoms with Gasteiger partial charge in [-0.05, 0) is 63.3 Å². The Morgan fingerprint density at radius 3 is 2.57 bits per heavy atom. The lowest BCUT2D eigenvalue weighted by molar-refractivity contribution is 0.0289. The summed E-state index contributed by atoms with van der Waals surface area (Å²) >= 11 is 6.00. The second-order valence-electron chi connectivity index (χ2n) is 9.61. The largest absolute Gasteiger partial charge is 0.444 e. The van der Waals surface area contributed by atoms with Crippen LogP contribution in [0.1, 0.15) is 43.1 Å². The van der Waals surface area contributed by atoms with Crippen molar-refractivity contribution in [3.05, 3.63) is 58.4 Å². The van der Waals surface area contributed by atoms with E-state index >= 15 is 0 Å². The fraction of sp³-hybridized carbons (Fsp3) is 0.417. The molecule has 2 amide bonds. The van der Waals surface area contributed by atoms with Crippen LogP contribution in [-0.4, -0.2) is 49.8 Å². The molecule has 2 aromatic carbocycles. The van der Waals surface area contributed by atoms with Crippen molar-refractivity contribution in [2.45, 2.75) is 39.7 Å². The molecule has 0 saturated carbocycles. The summed E-state index contributed by atoms with van der Waals surface area (Å²) in [5.41, 5.74) is 3.23. The van der Waals surface area contributed by atoms with Crippen LogP contribution in [0.25, 0.3) is 11.1 Å². The summed E-state index contributed by atoms with van der Waals surface area (Å²) in [5.74, 6) is -2.60. The third-order valence-electron chi connectivity index (χ3n) is 5.34. The van der Waals surface area contributed by atoms with Gasteiger partial charge in [-0.2, -0.15) is 0 Å². The number of benzene rings is 2. The summed E-state index contributed by atoms with van der Waals surface area (Å²) < 4.78 is 45.0. The number of amides is 2. The standard InChI is InChI=1S/C24H29ClFN3O5S/c1-15-6-5-7-17(10-15)18-11-19(21(26)20(25)12-18)22(30)27-28-35(32,33)14-16-8-9-29(13-16)23(31)34-24(2,3)4/h5-7,10-12,16,28H,8-9,13-14H2,1-4H3,(H,27,30). The molecule has 11 heteroatoms. The van der Waals surface area contributed by atoms with Gasteiger partial charge in [0, 0.05) is 13.1 Å². The predicted octanol–water partition coefficient (Wildman–Crippen LogP) is 4.28. The van der Waals surface area contributed by atoms with Crippen LogP contribution in [0.2, 0.25) is 5.02 Å². The molecule has 1 fully saturated rings. The fourth-order valence-corrected chi connectivity index (χ4v) is 5.19. The van der Waals surface area contributed by atoms with Crippen LogP contribution in [0.3, 0.4) is 0 Å². The van der Waals surface area contributed by atoms with E-state index in [4.69, 9.17) is 16.3 Å². The summed E-state index contributed by atoms with van der Waals surface area (Å²) in [6.07, 6.45) is -0.0313. The highest BCUT2D eigenvalue weighted by molar-refractivity contribution is 7.89. The Bertz CT molecular complexity index is 1230. The van der Waals surface area contributed by atoms with Gasteiger partial charge in [-0.25, -0.2) is 17.6 Å². The zero-order valence-electron chi connectivity index (χ0n) is 20.0. The molecule has 8 nitrogen and oxygen atoms in total. The van der Waals surface area contributed by atoms with Gasteiger partial charge in [0.05, 0.1) is 16.3 Å². The minimum Gasteiger partial charge on any atom is -0.444 e. The maximum atomic E-state index is 14.6. The molecule has 1 atom stereocenters. The molecule has 190 valence electrons. The zero-order chi connectivity index (χ0) is 26.0. The summed E-state index contributed by atoms with van der Waals surface area (Å²) in [6.45, 7) is 7.74. The number of ether oxygens (including phenoxy) is 1. The topological polar surface area (TPSA) is 105 Å². The van der Waals surface area contributed by atoms with E-state index in [0.717, 1.165) is 11.1 Å². The summed E-state index contributed by atoms with van der Waals surface area (Å²) in [6, 6.07) is 10.1. The van der Waals surface area contributed by atoms with Gasteiger partial charge in [0.2, 0.25) is 10.0 Å². The third-order valence-corrected chi connectivity index (χ3v) is 6.94. The predicted molar refractivity (Wildman–Crippen MR) is 132 cm³/mol. The monoisotopic (exact) mass is 525 g/mol. The van der Waals surface area contributed by atoms with Crippen LogP contribution in [0.5, 0.6) is 0 Å². The number of hydrogen-bond donors (Lipinski definition) is 2. The Morgan fingerprint density at radius 1 is 1.20 bits per heavy atom. The van der Waals surface area contributed by atoms with E-state index in [9.17, 15) is 22.4 Å². The number of nitrogens with zero attached hydrogens (tertiary/aromatic N) is 1. The Balaban J connectivity index is 1.63. The Morgan fingerprint density at radius 2 is 1.91 bits per heavy atom. The molecule has 1 aliphatic heterocycles. The maximum Gasteiger partial charge on any atom is 0.410 e. The van der Waals surface area contributed by atoms with E-state index in [1.165, 1.54) is 17.0 Å². The lowest BCUT2D eigenvalue weighted by Crippen LogP contribution is -2.44. The van der Waals surface area contributed by atoms with Gasteiger partial charge in [0.15, 0.2) is 5.82 Å². The van der Waals surface area contributed by atoms with E-state index in [2.05, 4.69) is 5.43 Å². The number of sulfonamides is 1. The summed E-state index contributed by atoms with van der Waals surface area (Å²) in [4.78, 5) is 28.3. The van der Waals surface area contributed by atoms with Crippen LogP contribution in [0.4, 0.5) is 9.18 Å². The molecule has 0 aliphatic carbocycles. The average Bonchev–Trinajstić information content (AvgIpc) is 3.20. The highest BCUT2D eigenvalue weighted by Crippen LogP contribution is 2.28. The Hall–Kier alpha value is -2.69. The number of nitrogens with one attached hydrogen (secondary N) is 2. The van der Waals surface area contributed by atoms with Crippen molar-refractivity contribution in [1.82, 2.24) is 15.2 Å². The van der Waals surface area contributed by atoms with Crippen molar-refractivity contribution >= 4 is 33.6 Å². The number of likely N-dealkylation sites (tertiary alicyclic amines) is 1. The van der Waals surface area contributed by atoms with Crippen LogP contribution >= 0.6 is 11.6 Å². The lowest BCUT2D eigenvalue weighted by Gasteiger charge is -2.24. The number of carbonyl (C=O) groups excluding carboxylic acids is 2. The van der Waals surface area contributed by atoms with Crippen LogP contribution in [-0.2, 0) is 14.8 Å². The van der Waals surface area contributed by atoms with Gasteiger partial charge >= 0.3 is 6.09 Å². The molecule has 1 unspecified atom stereocenters. The minimum absolute atomic E-state index is 0.215. The van der Waals surface area contributed by atoms with Crippen molar-refractivity contribution < 1.29 is 27.1 Å². The molecule has 1 aliphatic rings. The lowest BCUT2D eigenvalue weighted by atomic mass is 10.0. The zero-order valence-corrected chi connectivity index (χ0v) is 21.6. The quantitative estimate of drug-likeness (QED) is 0.548. The second-order valence-corrected chi connectivity index (χ2v) is 11.8. The molecule has 35 heavy (non-hydrogen) atoms. The number of rotatable bonds is 6. The highest BCUT2D eigenvalue weighted by Gasteiger charge is 2.32. The Labute approximate surface area is 209 Å². The van der Waals surface area contributed by atoms with Gasteiger partial charge < -0.3 is 9.64 Å². The average molecular weight is 526 g/mol. The molecule has 2 aromatic rings. The van der Waals surface area contributed by atoms with Gasteiger partial charge in [-0.15, -0.1) is 4.83 Å². The van der Waals surface area contributed by atoms with Crippen LogP contribution in [0.15, 0.2) is 36.4 Å². The molecule has 0 aromatic heterocycles. The molecule has 3 rings (SSSR count). The molecule has 1 saturated heterocycles. The molecular weight excluding hydrogens is 497 g/mol. The minimum atomic E-state index is -3.96. The van der Waals surface area contributed by atoms with Crippen LogP contribution in [0, 0.1) is 18.7 Å². The number of carbonyl (C=O) groups is 2. The molecule has 0 bridgehead atoms. The van der Waals surface area contributed by atoms with E-state index < -0.39 is 39.0 Å². The molecule has 1 heterocycles. The fourth-order valence-electron chi connectivity index (χ4n) is 3.75. The van der Waals surface area contributed by atoms with E-state index in [-0.39, 0.29) is 23.2 Å². The first-order valence-corrected chi connectivity index (χ1v) is 13.1. The number of hydrazine groups is 1. The van der Waals surface area contributed by atoms with Gasteiger partial charge in [-0.1, -0.05) is 41.4 Å². The summed E-state index contributed by atoms with van der Waals surface area (Å²) in [5, 5.41) is -0.259. The first-order valence-electron chi connectivity index (χ1n) is 11.1. The molecular formula is C24H29ClFN3O5S. The Kier molecular flexibility index (Phi) is 8.08. The van der Waals surface area contributed by atoms with Gasteiger partial charge in [-0.3, -0.25) is 10.2 Å². The van der Waals surface area contributed by atoms with Crippen molar-refractivity contribution in [2.75, 3.05) is 18.8 Å². The number of halogens is 2. The van der Waals surface area contributed by atoms with Crippen LogP contribution < -0.4 is 10.3 Å². The molecule has 0 spiro atoms. The van der Waals surface area contributed by atoms with Crippen molar-refractivity contribution in [1.29, 1.82) is 0 Å². The first kappa shape index (κ1) is 26.9. The first-order chi connectivity index (χ1) is 16.2. The SMILES string of the molecule is Cc1cccc(-c2cc(Cl)c(F)c(C(=O)NNS(=O)(=O)CC3CCN(C(=O)OC(C)(C)C)C3)c2)c1. The summed E-state index contributed by atoms with van der Waals surface area (Å²) in [7, 11) is -3.96. The smallest absolute Gasteiger partial charge is 0.410 e.